The van der Waals surface area contributed by atoms with Crippen LogP contribution in [0.2, 0.25) is 0 Å². The van der Waals surface area contributed by atoms with E-state index in [0.717, 1.165) is 4.31 Å². The van der Waals surface area contributed by atoms with Crippen molar-refractivity contribution in [3.63, 3.8) is 0 Å². The summed E-state index contributed by atoms with van der Waals surface area (Å²) in [4.78, 5) is 12.7. The number of halogens is 2. The summed E-state index contributed by atoms with van der Waals surface area (Å²) in [5.41, 5.74) is 1.35. The molecule has 2 rings (SSSR count). The van der Waals surface area contributed by atoms with E-state index in [1.165, 1.54) is 38.4 Å². The number of thioether (sulfide) groups is 1. The van der Waals surface area contributed by atoms with Crippen LogP contribution in [0, 0.1) is 0 Å². The molecule has 0 saturated carbocycles. The van der Waals surface area contributed by atoms with Crippen molar-refractivity contribution in [3.8, 4) is 0 Å². The number of amides is 1. The molecular weight excluding hydrogens is 434 g/mol. The zero-order valence-corrected chi connectivity index (χ0v) is 18.4. The number of nitrogens with one attached hydrogen (secondary N) is 3. The van der Waals surface area contributed by atoms with Gasteiger partial charge in [-0.05, 0) is 37.3 Å². The molecule has 2 aromatic carbocycles. The lowest BCUT2D eigenvalue weighted by Crippen LogP contribution is -2.24. The smallest absolute Gasteiger partial charge is 0.288 e. The molecule has 7 nitrogen and oxygen atoms in total. The first-order chi connectivity index (χ1) is 14.1. The molecule has 0 radical (unpaired) electrons. The Morgan fingerprint density at radius 2 is 1.77 bits per heavy atom. The standard InChI is InChI=1S/C19H24F2N4O3S2/c1-4-22-14-10-9-13(30(27,28)25(2)3)11-16(14)23-12-18(26)24-15-7-5-6-8-17(15)29-19(20)21/h5-11,19,22-23H,4,12H2,1-3H3,(H,24,26). The van der Waals surface area contributed by atoms with Crippen molar-refractivity contribution >= 4 is 44.8 Å². The Labute approximate surface area is 179 Å². The number of rotatable bonds is 10. The van der Waals surface area contributed by atoms with Gasteiger partial charge in [-0.2, -0.15) is 8.78 Å². The van der Waals surface area contributed by atoms with E-state index in [1.54, 1.807) is 18.2 Å². The van der Waals surface area contributed by atoms with E-state index >= 15 is 0 Å². The molecular formula is C19H24F2N4O3S2. The number of sulfonamides is 1. The van der Waals surface area contributed by atoms with Crippen LogP contribution in [0.15, 0.2) is 52.3 Å². The van der Waals surface area contributed by atoms with E-state index in [9.17, 15) is 22.0 Å². The van der Waals surface area contributed by atoms with Gasteiger partial charge in [0.05, 0.1) is 28.5 Å². The summed E-state index contributed by atoms with van der Waals surface area (Å²) in [5, 5.41) is 8.61. The molecule has 0 aliphatic carbocycles. The largest absolute Gasteiger partial charge is 0.384 e. The maximum Gasteiger partial charge on any atom is 0.288 e. The third kappa shape index (κ3) is 6.31. The molecule has 0 spiro atoms. The molecule has 2 aromatic rings. The van der Waals surface area contributed by atoms with E-state index in [-0.39, 0.29) is 22.0 Å². The van der Waals surface area contributed by atoms with Crippen LogP contribution in [0.25, 0.3) is 0 Å². The Hall–Kier alpha value is -2.37. The predicted octanol–water partition coefficient (Wildman–Crippen LogP) is 3.73. The minimum Gasteiger partial charge on any atom is -0.384 e. The van der Waals surface area contributed by atoms with E-state index in [4.69, 9.17) is 0 Å². The Bertz CT molecular complexity index is 985. The zero-order valence-electron chi connectivity index (χ0n) is 16.8. The van der Waals surface area contributed by atoms with Crippen molar-refractivity contribution in [2.24, 2.45) is 0 Å². The summed E-state index contributed by atoms with van der Waals surface area (Å²) in [5.74, 6) is -3.06. The molecule has 0 heterocycles. The predicted molar refractivity (Wildman–Crippen MR) is 117 cm³/mol. The first-order valence-corrected chi connectivity index (χ1v) is 11.3. The van der Waals surface area contributed by atoms with Gasteiger partial charge in [0.2, 0.25) is 15.9 Å². The molecule has 0 atom stereocenters. The third-order valence-electron chi connectivity index (χ3n) is 3.95. The van der Waals surface area contributed by atoms with E-state index in [2.05, 4.69) is 16.0 Å². The van der Waals surface area contributed by atoms with Gasteiger partial charge in [0.1, 0.15) is 0 Å². The van der Waals surface area contributed by atoms with Gasteiger partial charge in [-0.3, -0.25) is 4.79 Å². The number of hydrogen-bond donors (Lipinski definition) is 3. The fourth-order valence-corrected chi connectivity index (χ4v) is 4.05. The molecule has 0 unspecified atom stereocenters. The molecule has 11 heteroatoms. The summed E-state index contributed by atoms with van der Waals surface area (Å²) in [6, 6.07) is 10.8. The molecule has 1 amide bonds. The Morgan fingerprint density at radius 1 is 1.07 bits per heavy atom. The van der Waals surface area contributed by atoms with Gasteiger partial charge in [-0.1, -0.05) is 23.9 Å². The minimum atomic E-state index is -3.64. The van der Waals surface area contributed by atoms with Crippen molar-refractivity contribution in [2.75, 3.05) is 43.1 Å². The molecule has 0 aromatic heterocycles. The number of nitrogens with zero attached hydrogens (tertiary/aromatic N) is 1. The maximum atomic E-state index is 12.7. The Balaban J connectivity index is 2.17. The Kier molecular flexibility index (Phi) is 8.44. The summed E-state index contributed by atoms with van der Waals surface area (Å²) < 4.78 is 51.3. The van der Waals surface area contributed by atoms with Crippen LogP contribution in [-0.2, 0) is 14.8 Å². The van der Waals surface area contributed by atoms with Crippen LogP contribution >= 0.6 is 11.8 Å². The SMILES string of the molecule is CCNc1ccc(S(=O)(=O)N(C)C)cc1NCC(=O)Nc1ccccc1SC(F)F. The van der Waals surface area contributed by atoms with Gasteiger partial charge in [-0.15, -0.1) is 0 Å². The first kappa shape index (κ1) is 23.9. The first-order valence-electron chi connectivity index (χ1n) is 9.03. The lowest BCUT2D eigenvalue weighted by Gasteiger charge is -2.17. The van der Waals surface area contributed by atoms with Crippen molar-refractivity contribution < 1.29 is 22.0 Å². The zero-order chi connectivity index (χ0) is 22.3. The second-order valence-electron chi connectivity index (χ2n) is 6.30. The van der Waals surface area contributed by atoms with Gasteiger partial charge in [0.15, 0.2) is 0 Å². The lowest BCUT2D eigenvalue weighted by atomic mass is 10.2. The molecule has 0 aliphatic rings. The highest BCUT2D eigenvalue weighted by atomic mass is 32.2. The van der Waals surface area contributed by atoms with E-state index < -0.39 is 21.7 Å². The van der Waals surface area contributed by atoms with Gasteiger partial charge in [0.25, 0.3) is 5.76 Å². The average Bonchev–Trinajstić information content (AvgIpc) is 2.68. The monoisotopic (exact) mass is 458 g/mol. The minimum absolute atomic E-state index is 0.0794. The summed E-state index contributed by atoms with van der Waals surface area (Å²) in [6.07, 6.45) is 0. The highest BCUT2D eigenvalue weighted by Gasteiger charge is 2.19. The average molecular weight is 459 g/mol. The number of alkyl halides is 2. The number of para-hydroxylation sites is 1. The molecule has 0 fully saturated rings. The number of anilines is 3. The van der Waals surface area contributed by atoms with Gasteiger partial charge in [0, 0.05) is 25.5 Å². The number of carbonyl (C=O) groups excluding carboxylic acids is 1. The fraction of sp³-hybridized carbons (Fsp3) is 0.316. The lowest BCUT2D eigenvalue weighted by molar-refractivity contribution is -0.114. The molecule has 0 bridgehead atoms. The van der Waals surface area contributed by atoms with Gasteiger partial charge < -0.3 is 16.0 Å². The number of benzene rings is 2. The molecule has 164 valence electrons. The number of hydrogen-bond acceptors (Lipinski definition) is 6. The normalized spacial score (nSPS) is 11.6. The molecule has 0 aliphatic heterocycles. The summed E-state index contributed by atoms with van der Waals surface area (Å²) >= 11 is 0.348. The molecule has 30 heavy (non-hydrogen) atoms. The van der Waals surface area contributed by atoms with Crippen molar-refractivity contribution in [1.29, 1.82) is 0 Å². The van der Waals surface area contributed by atoms with Gasteiger partial charge >= 0.3 is 0 Å². The quantitative estimate of drug-likeness (QED) is 0.470. The third-order valence-corrected chi connectivity index (χ3v) is 6.55. The second kappa shape index (κ2) is 10.6. The van der Waals surface area contributed by atoms with Crippen LogP contribution in [0.5, 0.6) is 0 Å². The van der Waals surface area contributed by atoms with Crippen LogP contribution in [0.1, 0.15) is 6.92 Å². The van der Waals surface area contributed by atoms with E-state index in [0.29, 0.717) is 29.7 Å². The topological polar surface area (TPSA) is 90.5 Å². The second-order valence-corrected chi connectivity index (χ2v) is 9.49. The van der Waals surface area contributed by atoms with Crippen LogP contribution < -0.4 is 16.0 Å². The van der Waals surface area contributed by atoms with Crippen molar-refractivity contribution in [2.45, 2.75) is 22.5 Å². The van der Waals surface area contributed by atoms with Crippen molar-refractivity contribution in [1.82, 2.24) is 4.31 Å². The summed E-state index contributed by atoms with van der Waals surface area (Å²) in [7, 11) is -0.777. The van der Waals surface area contributed by atoms with Crippen LogP contribution in [0.4, 0.5) is 25.8 Å². The van der Waals surface area contributed by atoms with Crippen molar-refractivity contribution in [3.05, 3.63) is 42.5 Å². The Morgan fingerprint density at radius 3 is 2.40 bits per heavy atom. The van der Waals surface area contributed by atoms with Crippen LogP contribution in [0.3, 0.4) is 0 Å². The van der Waals surface area contributed by atoms with E-state index in [1.807, 2.05) is 6.92 Å². The summed E-state index contributed by atoms with van der Waals surface area (Å²) in [6.45, 7) is 2.30. The highest BCUT2D eigenvalue weighted by molar-refractivity contribution is 7.99. The van der Waals surface area contributed by atoms with Gasteiger partial charge in [-0.25, -0.2) is 12.7 Å². The maximum absolute atomic E-state index is 12.7. The fourth-order valence-electron chi connectivity index (χ4n) is 2.52. The molecule has 0 saturated heterocycles. The highest BCUT2D eigenvalue weighted by Crippen LogP contribution is 2.31. The molecule has 3 N–H and O–H groups in total. The number of carbonyl (C=O) groups is 1. The van der Waals surface area contributed by atoms with Crippen LogP contribution in [-0.4, -0.2) is 51.6 Å².